The highest BCUT2D eigenvalue weighted by Gasteiger charge is 2.31. The Morgan fingerprint density at radius 1 is 1.16 bits per heavy atom. The second kappa shape index (κ2) is 9.44. The van der Waals surface area contributed by atoms with E-state index in [-0.39, 0.29) is 11.7 Å². The Morgan fingerprint density at radius 3 is 2.72 bits per heavy atom. The van der Waals surface area contributed by atoms with Crippen LogP contribution < -0.4 is 10.2 Å². The van der Waals surface area contributed by atoms with Gasteiger partial charge in [-0.2, -0.15) is 0 Å². The maximum atomic E-state index is 11.6. The molecule has 0 unspecified atom stereocenters. The van der Waals surface area contributed by atoms with Gasteiger partial charge >= 0.3 is 5.97 Å². The zero-order chi connectivity index (χ0) is 22.7. The second-order valence-electron chi connectivity index (χ2n) is 8.01. The molecule has 0 spiro atoms. The molecule has 1 aliphatic rings. The minimum Gasteiger partial charge on any atom is -0.464 e. The van der Waals surface area contributed by atoms with Crippen LogP contribution in [-0.4, -0.2) is 63.7 Å². The van der Waals surface area contributed by atoms with Gasteiger partial charge in [0.2, 0.25) is 0 Å². The number of esters is 1. The highest BCUT2D eigenvalue weighted by atomic mass is 32.1. The Morgan fingerprint density at radius 2 is 2.00 bits per heavy atom. The van der Waals surface area contributed by atoms with E-state index in [9.17, 15) is 4.79 Å². The Bertz CT molecular complexity index is 1120. The normalized spacial score (nSPS) is 16.3. The Balaban J connectivity index is 1.49. The van der Waals surface area contributed by atoms with Gasteiger partial charge in [0.15, 0.2) is 10.8 Å². The van der Waals surface area contributed by atoms with Gasteiger partial charge in [0.05, 0.1) is 31.1 Å². The van der Waals surface area contributed by atoms with Crippen molar-refractivity contribution in [2.45, 2.75) is 19.9 Å². The molecule has 0 saturated carbocycles. The number of methoxy groups -OCH3 is 1. The highest BCUT2D eigenvalue weighted by Crippen LogP contribution is 2.25. The number of pyridine rings is 1. The lowest BCUT2D eigenvalue weighted by atomic mass is 10.00. The molecule has 1 saturated heterocycles. The van der Waals surface area contributed by atoms with Crippen LogP contribution >= 0.6 is 12.2 Å². The number of piperazine rings is 1. The van der Waals surface area contributed by atoms with Gasteiger partial charge in [-0.15, -0.1) is 0 Å². The van der Waals surface area contributed by atoms with Crippen molar-refractivity contribution in [3.8, 4) is 0 Å². The predicted molar refractivity (Wildman–Crippen MR) is 129 cm³/mol. The number of carbonyl (C=O) groups is 1. The summed E-state index contributed by atoms with van der Waals surface area (Å²) in [6.45, 7) is 6.63. The number of hydrogen-bond acceptors (Lipinski definition) is 7. The minimum atomic E-state index is -0.492. The molecular formula is C23H26N6O2S. The highest BCUT2D eigenvalue weighted by molar-refractivity contribution is 7.80. The monoisotopic (exact) mass is 450 g/mol. The van der Waals surface area contributed by atoms with Gasteiger partial charge in [0, 0.05) is 36.9 Å². The van der Waals surface area contributed by atoms with Crippen molar-refractivity contribution >= 4 is 45.7 Å². The summed E-state index contributed by atoms with van der Waals surface area (Å²) < 4.78 is 4.70. The van der Waals surface area contributed by atoms with Crippen molar-refractivity contribution in [2.24, 2.45) is 5.92 Å². The van der Waals surface area contributed by atoms with Crippen molar-refractivity contribution in [1.29, 1.82) is 0 Å². The number of nitrogens with zero attached hydrogens (tertiary/aromatic N) is 5. The first kappa shape index (κ1) is 21.9. The summed E-state index contributed by atoms with van der Waals surface area (Å²) in [4.78, 5) is 29.1. The number of aromatic nitrogens is 3. The molecule has 2 aromatic heterocycles. The summed E-state index contributed by atoms with van der Waals surface area (Å²) in [5.41, 5.74) is 2.08. The van der Waals surface area contributed by atoms with Gasteiger partial charge < -0.3 is 19.9 Å². The molecule has 0 amide bonds. The van der Waals surface area contributed by atoms with E-state index in [1.54, 1.807) is 12.4 Å². The van der Waals surface area contributed by atoms with Crippen molar-refractivity contribution in [2.75, 3.05) is 37.0 Å². The number of benzene rings is 1. The van der Waals surface area contributed by atoms with Gasteiger partial charge in [-0.1, -0.05) is 19.9 Å². The number of ether oxygens (including phenoxy) is 1. The summed E-state index contributed by atoms with van der Waals surface area (Å²) in [5.74, 6) is 0.616. The molecule has 1 aliphatic heterocycles. The number of nitrogens with one attached hydrogen (secondary N) is 1. The Hall–Kier alpha value is -3.33. The predicted octanol–water partition coefficient (Wildman–Crippen LogP) is 3.36. The molecule has 4 rings (SSSR count). The van der Waals surface area contributed by atoms with Crippen LogP contribution in [0, 0.1) is 5.92 Å². The Kier molecular flexibility index (Phi) is 6.45. The van der Waals surface area contributed by atoms with E-state index in [0.717, 1.165) is 42.0 Å². The number of rotatable bonds is 4. The van der Waals surface area contributed by atoms with E-state index < -0.39 is 5.97 Å². The topological polar surface area (TPSA) is 83.5 Å². The standard InChI is InChI=1S/C23H26N6O2S/c1-15(2)20-14-28(21-13-25-19(12-26-21)22(30)31-3)10-11-29(20)23(32)27-18-8-4-7-17-16(18)6-5-9-24-17/h4-9,12-13,15,20H,10-11,14H2,1-3H3,(H,27,32)/t20-/m1/s1. The quantitative estimate of drug-likeness (QED) is 0.475. The molecule has 1 N–H and O–H groups in total. The van der Waals surface area contributed by atoms with E-state index in [0.29, 0.717) is 11.0 Å². The molecule has 8 nitrogen and oxygen atoms in total. The molecule has 1 atom stereocenters. The van der Waals surface area contributed by atoms with Gasteiger partial charge in [-0.3, -0.25) is 4.98 Å². The third-order valence-corrected chi connectivity index (χ3v) is 6.03. The fourth-order valence-electron chi connectivity index (χ4n) is 3.93. The summed E-state index contributed by atoms with van der Waals surface area (Å²) in [6, 6.07) is 10.2. The van der Waals surface area contributed by atoms with E-state index in [1.165, 1.54) is 13.3 Å². The molecule has 3 aromatic rings. The molecule has 9 heteroatoms. The van der Waals surface area contributed by atoms with E-state index in [2.05, 4.69) is 43.9 Å². The van der Waals surface area contributed by atoms with Crippen LogP contribution in [0.2, 0.25) is 0 Å². The zero-order valence-electron chi connectivity index (χ0n) is 18.4. The third-order valence-electron chi connectivity index (χ3n) is 5.69. The fraction of sp³-hybridized carbons (Fsp3) is 0.348. The molecule has 32 heavy (non-hydrogen) atoms. The first-order valence-corrected chi connectivity index (χ1v) is 11.0. The fourth-order valence-corrected chi connectivity index (χ4v) is 4.27. The average molecular weight is 451 g/mol. The van der Waals surface area contributed by atoms with Crippen LogP contribution in [-0.2, 0) is 4.74 Å². The summed E-state index contributed by atoms with van der Waals surface area (Å²) >= 11 is 5.83. The molecule has 0 radical (unpaired) electrons. The van der Waals surface area contributed by atoms with E-state index >= 15 is 0 Å². The average Bonchev–Trinajstić information content (AvgIpc) is 2.83. The second-order valence-corrected chi connectivity index (χ2v) is 8.39. The van der Waals surface area contributed by atoms with Crippen molar-refractivity contribution < 1.29 is 9.53 Å². The number of fused-ring (bicyclic) bond motifs is 1. The van der Waals surface area contributed by atoms with Crippen LogP contribution in [0.4, 0.5) is 11.5 Å². The molecule has 3 heterocycles. The SMILES string of the molecule is COC(=O)c1cnc(N2CCN(C(=S)Nc3cccc4ncccc34)[C@@H](C(C)C)C2)cn1. The van der Waals surface area contributed by atoms with E-state index in [1.807, 2.05) is 30.3 Å². The summed E-state index contributed by atoms with van der Waals surface area (Å²) in [6.07, 6.45) is 4.87. The minimum absolute atomic E-state index is 0.193. The van der Waals surface area contributed by atoms with Crippen molar-refractivity contribution in [3.63, 3.8) is 0 Å². The first-order chi connectivity index (χ1) is 15.5. The third kappa shape index (κ3) is 4.47. The van der Waals surface area contributed by atoms with Crippen LogP contribution in [0.1, 0.15) is 24.3 Å². The van der Waals surface area contributed by atoms with Crippen molar-refractivity contribution in [1.82, 2.24) is 19.9 Å². The maximum absolute atomic E-state index is 11.6. The van der Waals surface area contributed by atoms with Crippen LogP contribution in [0.25, 0.3) is 10.9 Å². The molecule has 1 aromatic carbocycles. The van der Waals surface area contributed by atoms with Gasteiger partial charge in [-0.05, 0) is 42.4 Å². The molecule has 0 aliphatic carbocycles. The number of carbonyl (C=O) groups excluding carboxylic acids is 1. The first-order valence-electron chi connectivity index (χ1n) is 10.5. The van der Waals surface area contributed by atoms with Gasteiger partial charge in [0.1, 0.15) is 5.82 Å². The smallest absolute Gasteiger partial charge is 0.358 e. The number of thiocarbonyl (C=S) groups is 1. The van der Waals surface area contributed by atoms with Crippen LogP contribution in [0.15, 0.2) is 48.9 Å². The molecule has 0 bridgehead atoms. The zero-order valence-corrected chi connectivity index (χ0v) is 19.2. The largest absolute Gasteiger partial charge is 0.464 e. The lowest BCUT2D eigenvalue weighted by Crippen LogP contribution is -2.58. The maximum Gasteiger partial charge on any atom is 0.358 e. The van der Waals surface area contributed by atoms with Crippen LogP contribution in [0.3, 0.4) is 0 Å². The molecule has 1 fully saturated rings. The van der Waals surface area contributed by atoms with E-state index in [4.69, 9.17) is 17.0 Å². The molecule has 166 valence electrons. The lowest BCUT2D eigenvalue weighted by molar-refractivity contribution is 0.0593. The lowest BCUT2D eigenvalue weighted by Gasteiger charge is -2.45. The van der Waals surface area contributed by atoms with Gasteiger partial charge in [0.25, 0.3) is 0 Å². The number of anilines is 2. The van der Waals surface area contributed by atoms with Crippen LogP contribution in [0.5, 0.6) is 0 Å². The number of hydrogen-bond donors (Lipinski definition) is 1. The summed E-state index contributed by atoms with van der Waals surface area (Å²) in [5, 5.41) is 5.18. The van der Waals surface area contributed by atoms with Gasteiger partial charge in [-0.25, -0.2) is 14.8 Å². The summed E-state index contributed by atoms with van der Waals surface area (Å²) in [7, 11) is 1.33. The Labute approximate surface area is 192 Å². The van der Waals surface area contributed by atoms with Crippen molar-refractivity contribution in [3.05, 3.63) is 54.6 Å². The molecular weight excluding hydrogens is 424 g/mol.